The molecule has 0 spiro atoms. The van der Waals surface area contributed by atoms with Crippen LogP contribution in [0.4, 0.5) is 0 Å². The number of ether oxygens (including phenoxy) is 1. The molecule has 0 amide bonds. The summed E-state index contributed by atoms with van der Waals surface area (Å²) in [6.07, 6.45) is 0. The number of benzene rings is 1. The molecular formula is C12H15BrO2. The van der Waals surface area contributed by atoms with Gasteiger partial charge in [-0.15, -0.1) is 0 Å². The summed E-state index contributed by atoms with van der Waals surface area (Å²) in [5.74, 6) is 0.939. The van der Waals surface area contributed by atoms with Crippen LogP contribution in [0.3, 0.4) is 0 Å². The Bertz CT molecular complexity index is 359. The Kier molecular flexibility index (Phi) is 4.33. The van der Waals surface area contributed by atoms with E-state index in [4.69, 9.17) is 4.74 Å². The molecule has 0 saturated heterocycles. The quantitative estimate of drug-likeness (QED) is 0.781. The molecule has 1 aromatic carbocycles. The number of hydrogen-bond donors (Lipinski definition) is 0. The SMILES string of the molecule is CCOc1ccc(C(=O)C(C)C)c(Br)c1. The summed E-state index contributed by atoms with van der Waals surface area (Å²) in [6, 6.07) is 5.46. The van der Waals surface area contributed by atoms with E-state index < -0.39 is 0 Å². The fourth-order valence-corrected chi connectivity index (χ4v) is 1.82. The fraction of sp³-hybridized carbons (Fsp3) is 0.417. The van der Waals surface area contributed by atoms with Gasteiger partial charge >= 0.3 is 0 Å². The highest BCUT2D eigenvalue weighted by atomic mass is 79.9. The molecule has 0 heterocycles. The van der Waals surface area contributed by atoms with Crippen molar-refractivity contribution >= 4 is 21.7 Å². The molecule has 0 aliphatic rings. The Labute approximate surface area is 98.8 Å². The summed E-state index contributed by atoms with van der Waals surface area (Å²) >= 11 is 3.39. The highest BCUT2D eigenvalue weighted by Crippen LogP contribution is 2.25. The molecule has 0 N–H and O–H groups in total. The minimum absolute atomic E-state index is 0.0132. The lowest BCUT2D eigenvalue weighted by molar-refractivity contribution is 0.0938. The number of carbonyl (C=O) groups excluding carboxylic acids is 1. The first-order valence-electron chi connectivity index (χ1n) is 5.02. The van der Waals surface area contributed by atoms with Gasteiger partial charge in [0.2, 0.25) is 0 Å². The van der Waals surface area contributed by atoms with Gasteiger partial charge in [0.25, 0.3) is 0 Å². The van der Waals surface area contributed by atoms with E-state index >= 15 is 0 Å². The largest absolute Gasteiger partial charge is 0.494 e. The van der Waals surface area contributed by atoms with E-state index in [2.05, 4.69) is 15.9 Å². The van der Waals surface area contributed by atoms with Crippen molar-refractivity contribution < 1.29 is 9.53 Å². The van der Waals surface area contributed by atoms with Crippen LogP contribution in [0.5, 0.6) is 5.75 Å². The molecular weight excluding hydrogens is 256 g/mol. The predicted octanol–water partition coefficient (Wildman–Crippen LogP) is 3.69. The molecule has 1 aromatic rings. The van der Waals surface area contributed by atoms with Crippen LogP contribution in [0.1, 0.15) is 31.1 Å². The van der Waals surface area contributed by atoms with Crippen LogP contribution in [-0.2, 0) is 0 Å². The first kappa shape index (κ1) is 12.2. The second-order valence-corrected chi connectivity index (χ2v) is 4.45. The van der Waals surface area contributed by atoms with Crippen molar-refractivity contribution in [1.29, 1.82) is 0 Å². The van der Waals surface area contributed by atoms with Crippen LogP contribution >= 0.6 is 15.9 Å². The van der Waals surface area contributed by atoms with Gasteiger partial charge in [0.05, 0.1) is 6.61 Å². The van der Waals surface area contributed by atoms with Gasteiger partial charge in [0, 0.05) is 16.0 Å². The van der Waals surface area contributed by atoms with E-state index in [1.165, 1.54) is 0 Å². The molecule has 1 rings (SSSR count). The van der Waals surface area contributed by atoms with Crippen molar-refractivity contribution in [2.75, 3.05) is 6.61 Å². The number of rotatable bonds is 4. The summed E-state index contributed by atoms with van der Waals surface area (Å²) in [7, 11) is 0. The Hall–Kier alpha value is -0.830. The van der Waals surface area contributed by atoms with Crippen molar-refractivity contribution in [2.45, 2.75) is 20.8 Å². The molecule has 0 atom stereocenters. The molecule has 0 aromatic heterocycles. The second-order valence-electron chi connectivity index (χ2n) is 3.59. The third-order valence-electron chi connectivity index (χ3n) is 2.04. The summed E-state index contributed by atoms with van der Waals surface area (Å²) in [5.41, 5.74) is 0.716. The summed E-state index contributed by atoms with van der Waals surface area (Å²) in [6.45, 7) is 6.35. The zero-order valence-electron chi connectivity index (χ0n) is 9.21. The highest BCUT2D eigenvalue weighted by Gasteiger charge is 2.14. The molecule has 0 fully saturated rings. The van der Waals surface area contributed by atoms with Crippen LogP contribution in [0.2, 0.25) is 0 Å². The maximum atomic E-state index is 11.8. The molecule has 15 heavy (non-hydrogen) atoms. The van der Waals surface area contributed by atoms with Crippen molar-refractivity contribution in [2.24, 2.45) is 5.92 Å². The zero-order valence-corrected chi connectivity index (χ0v) is 10.8. The second kappa shape index (κ2) is 5.31. The van der Waals surface area contributed by atoms with E-state index in [0.717, 1.165) is 10.2 Å². The standard InChI is InChI=1S/C12H15BrO2/c1-4-15-9-5-6-10(11(13)7-9)12(14)8(2)3/h5-8H,4H2,1-3H3. The first-order valence-corrected chi connectivity index (χ1v) is 5.82. The van der Waals surface area contributed by atoms with Crippen molar-refractivity contribution in [3.63, 3.8) is 0 Å². The molecule has 0 aliphatic carbocycles. The van der Waals surface area contributed by atoms with E-state index in [1.807, 2.05) is 32.9 Å². The average molecular weight is 271 g/mol. The van der Waals surface area contributed by atoms with Crippen molar-refractivity contribution in [1.82, 2.24) is 0 Å². The minimum atomic E-state index is 0.0132. The lowest BCUT2D eigenvalue weighted by Crippen LogP contribution is -2.08. The smallest absolute Gasteiger partial charge is 0.166 e. The van der Waals surface area contributed by atoms with Gasteiger partial charge in [0.15, 0.2) is 5.78 Å². The molecule has 0 aliphatic heterocycles. The van der Waals surface area contributed by atoms with Crippen LogP contribution in [-0.4, -0.2) is 12.4 Å². The van der Waals surface area contributed by atoms with Crippen molar-refractivity contribution in [3.05, 3.63) is 28.2 Å². The number of carbonyl (C=O) groups is 1. The number of halogens is 1. The molecule has 0 bridgehead atoms. The Morgan fingerprint density at radius 1 is 1.47 bits per heavy atom. The van der Waals surface area contributed by atoms with E-state index in [1.54, 1.807) is 6.07 Å². The Morgan fingerprint density at radius 3 is 2.60 bits per heavy atom. The van der Waals surface area contributed by atoms with Crippen LogP contribution in [0, 0.1) is 5.92 Å². The van der Waals surface area contributed by atoms with Gasteiger partial charge in [-0.1, -0.05) is 13.8 Å². The number of Topliss-reactive ketones (excluding diaryl/α,β-unsaturated/α-hetero) is 1. The normalized spacial score (nSPS) is 10.5. The molecule has 82 valence electrons. The monoisotopic (exact) mass is 270 g/mol. The maximum absolute atomic E-state index is 11.8. The van der Waals surface area contributed by atoms with Gasteiger partial charge in [-0.2, -0.15) is 0 Å². The summed E-state index contributed by atoms with van der Waals surface area (Å²) in [5, 5.41) is 0. The molecule has 0 unspecified atom stereocenters. The van der Waals surface area contributed by atoms with Crippen LogP contribution in [0.15, 0.2) is 22.7 Å². The predicted molar refractivity (Wildman–Crippen MR) is 64.5 cm³/mol. The van der Waals surface area contributed by atoms with E-state index in [-0.39, 0.29) is 11.7 Å². The van der Waals surface area contributed by atoms with Gasteiger partial charge in [-0.05, 0) is 41.1 Å². The van der Waals surface area contributed by atoms with Gasteiger partial charge < -0.3 is 4.74 Å². The molecule has 2 nitrogen and oxygen atoms in total. The average Bonchev–Trinajstić information content (AvgIpc) is 2.17. The fourth-order valence-electron chi connectivity index (χ4n) is 1.26. The van der Waals surface area contributed by atoms with Crippen LogP contribution < -0.4 is 4.74 Å². The third kappa shape index (κ3) is 3.06. The van der Waals surface area contributed by atoms with Crippen LogP contribution in [0.25, 0.3) is 0 Å². The van der Waals surface area contributed by atoms with Gasteiger partial charge in [-0.3, -0.25) is 4.79 Å². The molecule has 0 radical (unpaired) electrons. The summed E-state index contributed by atoms with van der Waals surface area (Å²) in [4.78, 5) is 11.8. The summed E-state index contributed by atoms with van der Waals surface area (Å²) < 4.78 is 6.14. The van der Waals surface area contributed by atoms with Crippen molar-refractivity contribution in [3.8, 4) is 5.75 Å². The topological polar surface area (TPSA) is 26.3 Å². The number of hydrogen-bond acceptors (Lipinski definition) is 2. The lowest BCUT2D eigenvalue weighted by Gasteiger charge is -2.09. The van der Waals surface area contributed by atoms with Gasteiger partial charge in [0.1, 0.15) is 5.75 Å². The minimum Gasteiger partial charge on any atom is -0.494 e. The molecule has 0 saturated carbocycles. The van der Waals surface area contributed by atoms with E-state index in [9.17, 15) is 4.79 Å². The van der Waals surface area contributed by atoms with E-state index in [0.29, 0.717) is 12.2 Å². The Morgan fingerprint density at radius 2 is 2.13 bits per heavy atom. The Balaban J connectivity index is 2.97. The van der Waals surface area contributed by atoms with Gasteiger partial charge in [-0.25, -0.2) is 0 Å². The maximum Gasteiger partial charge on any atom is 0.166 e. The first-order chi connectivity index (χ1) is 7.06. The molecule has 3 heteroatoms. The number of ketones is 1. The zero-order chi connectivity index (χ0) is 11.4. The third-order valence-corrected chi connectivity index (χ3v) is 2.70. The lowest BCUT2D eigenvalue weighted by atomic mass is 10.0. The highest BCUT2D eigenvalue weighted by molar-refractivity contribution is 9.10.